The topological polar surface area (TPSA) is 47.3 Å². The van der Waals surface area contributed by atoms with Crippen LogP contribution in [-0.2, 0) is 6.42 Å². The fraction of sp³-hybridized carbons (Fsp3) is 0.294. The van der Waals surface area contributed by atoms with Gasteiger partial charge in [-0.05, 0) is 49.1 Å². The molecule has 20 heavy (non-hydrogen) atoms. The third kappa shape index (κ3) is 3.83. The number of nitrogens with one attached hydrogen (secondary N) is 1. The van der Waals surface area contributed by atoms with E-state index in [-0.39, 0.29) is 6.04 Å². The maximum Gasteiger partial charge on any atom is 0.119 e. The molecular weight excluding hydrogens is 248 g/mol. The van der Waals surface area contributed by atoms with Crippen molar-refractivity contribution in [1.82, 2.24) is 5.43 Å². The quantitative estimate of drug-likeness (QED) is 0.627. The van der Waals surface area contributed by atoms with Crippen LogP contribution >= 0.6 is 0 Å². The van der Waals surface area contributed by atoms with Crippen LogP contribution < -0.4 is 16.0 Å². The van der Waals surface area contributed by atoms with Crippen LogP contribution in [0.4, 0.5) is 0 Å². The summed E-state index contributed by atoms with van der Waals surface area (Å²) in [5.74, 6) is 6.52. The Kier molecular flexibility index (Phi) is 5.16. The van der Waals surface area contributed by atoms with Gasteiger partial charge in [0.05, 0.1) is 6.04 Å². The average Bonchev–Trinajstić information content (AvgIpc) is 2.47. The molecule has 0 spiro atoms. The molecule has 0 saturated heterocycles. The van der Waals surface area contributed by atoms with Crippen LogP contribution in [0.1, 0.15) is 16.7 Å². The molecule has 1 unspecified atom stereocenters. The lowest BCUT2D eigenvalue weighted by Gasteiger charge is -2.19. The van der Waals surface area contributed by atoms with Crippen molar-refractivity contribution in [3.63, 3.8) is 0 Å². The third-order valence-corrected chi connectivity index (χ3v) is 3.53. The van der Waals surface area contributed by atoms with Gasteiger partial charge < -0.3 is 4.74 Å². The van der Waals surface area contributed by atoms with Crippen molar-refractivity contribution in [3.05, 3.63) is 65.2 Å². The normalized spacial score (nSPS) is 12.2. The summed E-state index contributed by atoms with van der Waals surface area (Å²) in [5, 5.41) is 0. The van der Waals surface area contributed by atoms with Gasteiger partial charge in [-0.15, -0.1) is 0 Å². The van der Waals surface area contributed by atoms with E-state index in [0.29, 0.717) is 6.61 Å². The van der Waals surface area contributed by atoms with E-state index in [1.54, 1.807) is 0 Å². The van der Waals surface area contributed by atoms with Crippen LogP contribution in [-0.4, -0.2) is 12.6 Å². The second-order valence-corrected chi connectivity index (χ2v) is 5.06. The number of benzene rings is 2. The fourth-order valence-corrected chi connectivity index (χ4v) is 2.30. The summed E-state index contributed by atoms with van der Waals surface area (Å²) in [6, 6.07) is 16.2. The van der Waals surface area contributed by atoms with E-state index in [1.807, 2.05) is 30.3 Å². The van der Waals surface area contributed by atoms with E-state index >= 15 is 0 Å². The molecule has 0 saturated carbocycles. The van der Waals surface area contributed by atoms with Gasteiger partial charge in [-0.1, -0.05) is 36.4 Å². The van der Waals surface area contributed by atoms with E-state index in [2.05, 4.69) is 37.5 Å². The number of hydrazine groups is 1. The van der Waals surface area contributed by atoms with E-state index in [1.165, 1.54) is 16.7 Å². The second kappa shape index (κ2) is 7.08. The molecule has 1 atom stereocenters. The summed E-state index contributed by atoms with van der Waals surface area (Å²) < 4.78 is 5.77. The smallest absolute Gasteiger partial charge is 0.119 e. The van der Waals surface area contributed by atoms with E-state index < -0.39 is 0 Å². The SMILES string of the molecule is Cc1cccc(C)c1CC(COc1ccccc1)NN. The van der Waals surface area contributed by atoms with Crippen molar-refractivity contribution in [2.45, 2.75) is 26.3 Å². The van der Waals surface area contributed by atoms with Gasteiger partial charge in [0.1, 0.15) is 12.4 Å². The summed E-state index contributed by atoms with van der Waals surface area (Å²) in [4.78, 5) is 0. The molecule has 2 aromatic rings. The van der Waals surface area contributed by atoms with Gasteiger partial charge in [0, 0.05) is 0 Å². The summed E-state index contributed by atoms with van der Waals surface area (Å²) in [7, 11) is 0. The van der Waals surface area contributed by atoms with Gasteiger partial charge >= 0.3 is 0 Å². The molecule has 0 heterocycles. The Morgan fingerprint density at radius 2 is 1.65 bits per heavy atom. The zero-order valence-corrected chi connectivity index (χ0v) is 12.1. The molecule has 0 aliphatic heterocycles. The molecule has 3 nitrogen and oxygen atoms in total. The van der Waals surface area contributed by atoms with Crippen LogP contribution in [0.25, 0.3) is 0 Å². The second-order valence-electron chi connectivity index (χ2n) is 5.06. The minimum Gasteiger partial charge on any atom is -0.492 e. The van der Waals surface area contributed by atoms with Crippen molar-refractivity contribution in [2.75, 3.05) is 6.61 Å². The Balaban J connectivity index is 1.99. The number of para-hydroxylation sites is 1. The fourth-order valence-electron chi connectivity index (χ4n) is 2.30. The lowest BCUT2D eigenvalue weighted by molar-refractivity contribution is 0.264. The Labute approximate surface area is 120 Å². The van der Waals surface area contributed by atoms with E-state index in [0.717, 1.165) is 12.2 Å². The molecule has 106 valence electrons. The maximum absolute atomic E-state index is 5.77. The van der Waals surface area contributed by atoms with Gasteiger partial charge in [0.25, 0.3) is 0 Å². The number of ether oxygens (including phenoxy) is 1. The third-order valence-electron chi connectivity index (χ3n) is 3.53. The molecule has 3 N–H and O–H groups in total. The van der Waals surface area contributed by atoms with Crippen LogP contribution in [0.5, 0.6) is 5.75 Å². The minimum absolute atomic E-state index is 0.0926. The predicted octanol–water partition coefficient (Wildman–Crippen LogP) is 2.76. The standard InChI is InChI=1S/C17H22N2O/c1-13-7-6-8-14(2)17(13)11-15(19-18)12-20-16-9-4-3-5-10-16/h3-10,15,19H,11-12,18H2,1-2H3. The number of hydrogen-bond acceptors (Lipinski definition) is 3. The molecule has 0 fully saturated rings. The molecule has 0 amide bonds. The first kappa shape index (κ1) is 14.6. The van der Waals surface area contributed by atoms with Crippen molar-refractivity contribution >= 4 is 0 Å². The Bertz CT molecular complexity index is 520. The van der Waals surface area contributed by atoms with Crippen molar-refractivity contribution in [2.24, 2.45) is 5.84 Å². The monoisotopic (exact) mass is 270 g/mol. The number of hydrogen-bond donors (Lipinski definition) is 2. The first-order valence-electron chi connectivity index (χ1n) is 6.89. The lowest BCUT2D eigenvalue weighted by atomic mass is 9.97. The minimum atomic E-state index is 0.0926. The molecule has 0 aliphatic carbocycles. The van der Waals surface area contributed by atoms with E-state index in [9.17, 15) is 0 Å². The highest BCUT2D eigenvalue weighted by Crippen LogP contribution is 2.16. The lowest BCUT2D eigenvalue weighted by Crippen LogP contribution is -2.41. The number of nitrogens with two attached hydrogens (primary N) is 1. The molecular formula is C17H22N2O. The molecule has 0 bridgehead atoms. The highest BCUT2D eigenvalue weighted by atomic mass is 16.5. The van der Waals surface area contributed by atoms with Crippen LogP contribution in [0.3, 0.4) is 0 Å². The van der Waals surface area contributed by atoms with Gasteiger partial charge in [0.2, 0.25) is 0 Å². The average molecular weight is 270 g/mol. The van der Waals surface area contributed by atoms with Crippen LogP contribution in [0.2, 0.25) is 0 Å². The largest absolute Gasteiger partial charge is 0.492 e. The summed E-state index contributed by atoms with van der Waals surface area (Å²) in [6.07, 6.45) is 0.863. The van der Waals surface area contributed by atoms with Crippen LogP contribution in [0, 0.1) is 13.8 Å². The Morgan fingerprint density at radius 3 is 2.25 bits per heavy atom. The summed E-state index contributed by atoms with van der Waals surface area (Å²) in [5.41, 5.74) is 6.78. The van der Waals surface area contributed by atoms with Gasteiger partial charge in [-0.2, -0.15) is 0 Å². The van der Waals surface area contributed by atoms with E-state index in [4.69, 9.17) is 10.6 Å². The van der Waals surface area contributed by atoms with Crippen molar-refractivity contribution in [1.29, 1.82) is 0 Å². The molecule has 0 aromatic heterocycles. The molecule has 0 aliphatic rings. The maximum atomic E-state index is 5.77. The Morgan fingerprint density at radius 1 is 1.00 bits per heavy atom. The number of aryl methyl sites for hydroxylation is 2. The van der Waals surface area contributed by atoms with Gasteiger partial charge in [-0.25, -0.2) is 0 Å². The summed E-state index contributed by atoms with van der Waals surface area (Å²) >= 11 is 0. The first-order chi connectivity index (χ1) is 9.70. The van der Waals surface area contributed by atoms with Gasteiger partial charge in [-0.3, -0.25) is 11.3 Å². The molecule has 3 heteroatoms. The predicted molar refractivity (Wildman–Crippen MR) is 82.7 cm³/mol. The van der Waals surface area contributed by atoms with Crippen molar-refractivity contribution in [3.8, 4) is 5.75 Å². The molecule has 0 radical (unpaired) electrons. The van der Waals surface area contributed by atoms with Crippen molar-refractivity contribution < 1.29 is 4.74 Å². The molecule has 2 rings (SSSR count). The zero-order chi connectivity index (χ0) is 14.4. The molecule has 2 aromatic carbocycles. The highest BCUT2D eigenvalue weighted by molar-refractivity contribution is 5.34. The first-order valence-corrected chi connectivity index (χ1v) is 6.89. The summed E-state index contributed by atoms with van der Waals surface area (Å²) in [6.45, 7) is 4.82. The number of rotatable bonds is 6. The highest BCUT2D eigenvalue weighted by Gasteiger charge is 2.12. The van der Waals surface area contributed by atoms with Crippen LogP contribution in [0.15, 0.2) is 48.5 Å². The van der Waals surface area contributed by atoms with Gasteiger partial charge in [0.15, 0.2) is 0 Å². The Hall–Kier alpha value is -1.84. The zero-order valence-electron chi connectivity index (χ0n) is 12.1.